The van der Waals surface area contributed by atoms with Crippen LogP contribution in [-0.2, 0) is 4.79 Å². The fourth-order valence-corrected chi connectivity index (χ4v) is 3.65. The minimum absolute atomic E-state index is 0.0324. The van der Waals surface area contributed by atoms with Crippen molar-refractivity contribution >= 4 is 29.0 Å². The van der Waals surface area contributed by atoms with E-state index in [1.54, 1.807) is 24.3 Å². The summed E-state index contributed by atoms with van der Waals surface area (Å²) in [6.07, 6.45) is 0.327. The van der Waals surface area contributed by atoms with Crippen LogP contribution in [0.3, 0.4) is 0 Å². The predicted octanol–water partition coefficient (Wildman–Crippen LogP) is 6.49. The molecule has 0 radical (unpaired) electrons. The van der Waals surface area contributed by atoms with E-state index in [2.05, 4.69) is 16.0 Å². The smallest absolute Gasteiger partial charge is 0.323 e. The summed E-state index contributed by atoms with van der Waals surface area (Å²) in [5, 5.41) is 8.52. The highest BCUT2D eigenvalue weighted by atomic mass is 16.2. The number of carbonyl (C=O) groups excluding carboxylic acids is 2. The largest absolute Gasteiger partial charge is 0.326 e. The van der Waals surface area contributed by atoms with Gasteiger partial charge in [0.2, 0.25) is 5.91 Å². The van der Waals surface area contributed by atoms with Gasteiger partial charge < -0.3 is 16.0 Å². The number of amides is 3. The molecule has 0 aliphatic carbocycles. The number of rotatable bonds is 7. The fraction of sp³-hybridized carbons (Fsp3) is 0.0714. The van der Waals surface area contributed by atoms with E-state index in [1.165, 1.54) is 0 Å². The zero-order chi connectivity index (χ0) is 22.9. The van der Waals surface area contributed by atoms with Gasteiger partial charge in [0.1, 0.15) is 0 Å². The van der Waals surface area contributed by atoms with Gasteiger partial charge in [0, 0.05) is 29.4 Å². The van der Waals surface area contributed by atoms with Gasteiger partial charge in [-0.2, -0.15) is 0 Å². The van der Waals surface area contributed by atoms with E-state index in [1.807, 2.05) is 91.0 Å². The van der Waals surface area contributed by atoms with Gasteiger partial charge in [-0.25, -0.2) is 4.79 Å². The second-order valence-corrected chi connectivity index (χ2v) is 7.65. The number of anilines is 3. The molecule has 5 nitrogen and oxygen atoms in total. The Labute approximate surface area is 193 Å². The van der Waals surface area contributed by atoms with Gasteiger partial charge in [0.25, 0.3) is 0 Å². The zero-order valence-corrected chi connectivity index (χ0v) is 18.1. The van der Waals surface area contributed by atoms with Gasteiger partial charge in [0.05, 0.1) is 0 Å². The molecule has 0 fully saturated rings. The Morgan fingerprint density at radius 1 is 0.515 bits per heavy atom. The lowest BCUT2D eigenvalue weighted by Crippen LogP contribution is -2.19. The molecule has 33 heavy (non-hydrogen) atoms. The molecule has 0 aliphatic rings. The Morgan fingerprint density at radius 2 is 0.909 bits per heavy atom. The molecule has 0 heterocycles. The molecule has 4 aromatic rings. The molecular weight excluding hydrogens is 410 g/mol. The molecule has 0 spiro atoms. The SMILES string of the molecule is O=C(CC(c1ccccc1)c1ccccc1)Nc1ccc(NC(=O)Nc2ccccc2)cc1. The summed E-state index contributed by atoms with van der Waals surface area (Å²) in [5.74, 6) is -0.106. The van der Waals surface area contributed by atoms with Crippen LogP contribution in [0.2, 0.25) is 0 Å². The molecule has 5 heteroatoms. The molecule has 4 aromatic carbocycles. The van der Waals surface area contributed by atoms with Crippen molar-refractivity contribution in [2.75, 3.05) is 16.0 Å². The molecule has 0 atom stereocenters. The van der Waals surface area contributed by atoms with Crippen molar-refractivity contribution in [1.82, 2.24) is 0 Å². The van der Waals surface area contributed by atoms with Crippen molar-refractivity contribution in [3.63, 3.8) is 0 Å². The first kappa shape index (κ1) is 21.8. The Bertz CT molecular complexity index is 1140. The van der Waals surface area contributed by atoms with Crippen molar-refractivity contribution in [2.45, 2.75) is 12.3 Å². The first-order valence-electron chi connectivity index (χ1n) is 10.8. The topological polar surface area (TPSA) is 70.2 Å². The van der Waals surface area contributed by atoms with Crippen molar-refractivity contribution in [2.24, 2.45) is 0 Å². The summed E-state index contributed by atoms with van der Waals surface area (Å²) in [6.45, 7) is 0. The Morgan fingerprint density at radius 3 is 1.39 bits per heavy atom. The first-order valence-corrected chi connectivity index (χ1v) is 10.8. The summed E-state index contributed by atoms with van der Waals surface area (Å²) in [6, 6.07) is 36.1. The Hall–Kier alpha value is -4.38. The molecule has 164 valence electrons. The third-order valence-corrected chi connectivity index (χ3v) is 5.25. The van der Waals surface area contributed by atoms with Gasteiger partial charge in [-0.15, -0.1) is 0 Å². The van der Waals surface area contributed by atoms with E-state index in [-0.39, 0.29) is 17.9 Å². The maximum absolute atomic E-state index is 12.8. The summed E-state index contributed by atoms with van der Waals surface area (Å²) in [4.78, 5) is 25.0. The summed E-state index contributed by atoms with van der Waals surface area (Å²) < 4.78 is 0. The number of carbonyl (C=O) groups is 2. The minimum Gasteiger partial charge on any atom is -0.326 e. The summed E-state index contributed by atoms with van der Waals surface area (Å²) in [5.41, 5.74) is 4.22. The third-order valence-electron chi connectivity index (χ3n) is 5.25. The van der Waals surface area contributed by atoms with E-state index in [0.29, 0.717) is 23.5 Å². The Kier molecular flexibility index (Phi) is 7.13. The molecular formula is C28H25N3O2. The first-order chi connectivity index (χ1) is 16.2. The monoisotopic (exact) mass is 435 g/mol. The van der Waals surface area contributed by atoms with E-state index in [4.69, 9.17) is 0 Å². The van der Waals surface area contributed by atoms with Gasteiger partial charge in [-0.3, -0.25) is 4.79 Å². The number of urea groups is 1. The van der Waals surface area contributed by atoms with Crippen LogP contribution in [0.15, 0.2) is 115 Å². The van der Waals surface area contributed by atoms with Crippen LogP contribution in [0.5, 0.6) is 0 Å². The average Bonchev–Trinajstić information content (AvgIpc) is 2.85. The van der Waals surface area contributed by atoms with Gasteiger partial charge in [0.15, 0.2) is 0 Å². The molecule has 0 aromatic heterocycles. The van der Waals surface area contributed by atoms with Crippen molar-refractivity contribution in [3.8, 4) is 0 Å². The molecule has 3 amide bonds. The second kappa shape index (κ2) is 10.8. The molecule has 0 unspecified atom stereocenters. The number of nitrogens with one attached hydrogen (secondary N) is 3. The fourth-order valence-electron chi connectivity index (χ4n) is 3.65. The lowest BCUT2D eigenvalue weighted by Gasteiger charge is -2.18. The highest BCUT2D eigenvalue weighted by Crippen LogP contribution is 2.28. The number of hydrogen-bond acceptors (Lipinski definition) is 2. The van der Waals surface area contributed by atoms with Gasteiger partial charge in [-0.1, -0.05) is 78.9 Å². The van der Waals surface area contributed by atoms with Crippen LogP contribution < -0.4 is 16.0 Å². The van der Waals surface area contributed by atoms with Crippen molar-refractivity contribution < 1.29 is 9.59 Å². The van der Waals surface area contributed by atoms with E-state index in [9.17, 15) is 9.59 Å². The maximum atomic E-state index is 12.8. The summed E-state index contributed by atoms with van der Waals surface area (Å²) in [7, 11) is 0. The van der Waals surface area contributed by atoms with Crippen LogP contribution in [0.4, 0.5) is 21.9 Å². The average molecular weight is 436 g/mol. The quantitative estimate of drug-likeness (QED) is 0.310. The lowest BCUT2D eigenvalue weighted by molar-refractivity contribution is -0.116. The summed E-state index contributed by atoms with van der Waals surface area (Å²) >= 11 is 0. The van der Waals surface area contributed by atoms with Crippen LogP contribution >= 0.6 is 0 Å². The second-order valence-electron chi connectivity index (χ2n) is 7.65. The van der Waals surface area contributed by atoms with Crippen LogP contribution in [0.25, 0.3) is 0 Å². The van der Waals surface area contributed by atoms with Crippen LogP contribution in [0.1, 0.15) is 23.5 Å². The maximum Gasteiger partial charge on any atom is 0.323 e. The highest BCUT2D eigenvalue weighted by Gasteiger charge is 2.18. The third kappa shape index (κ3) is 6.31. The highest BCUT2D eigenvalue weighted by molar-refractivity contribution is 6.00. The Balaban J connectivity index is 1.37. The van der Waals surface area contributed by atoms with E-state index < -0.39 is 0 Å². The molecule has 0 saturated heterocycles. The van der Waals surface area contributed by atoms with Crippen molar-refractivity contribution in [3.05, 3.63) is 126 Å². The standard InChI is InChI=1S/C28H25N3O2/c32-27(20-26(21-10-4-1-5-11-21)22-12-6-2-7-13-22)29-24-16-18-25(19-17-24)31-28(33)30-23-14-8-3-9-15-23/h1-19,26H,20H2,(H,29,32)(H2,30,31,33). The number of hydrogen-bond donors (Lipinski definition) is 3. The van der Waals surface area contributed by atoms with Gasteiger partial charge in [-0.05, 0) is 47.5 Å². The van der Waals surface area contributed by atoms with Gasteiger partial charge >= 0.3 is 6.03 Å². The predicted molar refractivity (Wildman–Crippen MR) is 133 cm³/mol. The van der Waals surface area contributed by atoms with Crippen LogP contribution in [-0.4, -0.2) is 11.9 Å². The molecule has 4 rings (SSSR count). The van der Waals surface area contributed by atoms with E-state index >= 15 is 0 Å². The molecule has 0 saturated carbocycles. The number of benzene rings is 4. The van der Waals surface area contributed by atoms with Crippen LogP contribution in [0, 0.1) is 0 Å². The molecule has 0 bridgehead atoms. The molecule has 0 aliphatic heterocycles. The molecule has 3 N–H and O–H groups in total. The van der Waals surface area contributed by atoms with E-state index in [0.717, 1.165) is 11.1 Å². The lowest BCUT2D eigenvalue weighted by atomic mass is 9.88. The minimum atomic E-state index is -0.327. The number of para-hydroxylation sites is 1. The zero-order valence-electron chi connectivity index (χ0n) is 18.1. The normalized spacial score (nSPS) is 10.5. The van der Waals surface area contributed by atoms with Crippen molar-refractivity contribution in [1.29, 1.82) is 0 Å².